The first kappa shape index (κ1) is 22.4. The molecule has 1 saturated carbocycles. The molecule has 0 unspecified atom stereocenters. The fraction of sp³-hybridized carbons (Fsp3) is 0.267. The monoisotopic (exact) mass is 478 g/mol. The fourth-order valence-corrected chi connectivity index (χ4v) is 7.32. The van der Waals surface area contributed by atoms with Crippen LogP contribution in [0.1, 0.15) is 34.9 Å². The molecule has 3 aromatic carbocycles. The van der Waals surface area contributed by atoms with E-state index in [1.54, 1.807) is 11.9 Å². The first-order chi connectivity index (χ1) is 17.5. The summed E-state index contributed by atoms with van der Waals surface area (Å²) in [7, 11) is 1.78. The Morgan fingerprint density at radius 2 is 1.56 bits per heavy atom. The first-order valence-corrected chi connectivity index (χ1v) is 12.3. The zero-order valence-electron chi connectivity index (χ0n) is 19.9. The van der Waals surface area contributed by atoms with Crippen LogP contribution in [-0.2, 0) is 15.0 Å². The Morgan fingerprint density at radius 3 is 2.19 bits per heavy atom. The number of nitrogens with zero attached hydrogens (tertiary/aromatic N) is 2. The van der Waals surface area contributed by atoms with Crippen molar-refractivity contribution in [3.05, 3.63) is 123 Å². The molecule has 2 aliphatic carbocycles. The third kappa shape index (κ3) is 2.97. The lowest BCUT2D eigenvalue weighted by molar-refractivity contribution is -0.537. The predicted molar refractivity (Wildman–Crippen MR) is 136 cm³/mol. The van der Waals surface area contributed by atoms with E-state index in [1.165, 1.54) is 0 Å². The van der Waals surface area contributed by atoms with Crippen LogP contribution in [0.25, 0.3) is 0 Å². The molecule has 6 atom stereocenters. The number of para-hydroxylation sites is 1. The molecule has 3 aromatic rings. The zero-order valence-corrected chi connectivity index (χ0v) is 19.9. The Balaban J connectivity index is 1.62. The fourth-order valence-electron chi connectivity index (χ4n) is 7.32. The van der Waals surface area contributed by atoms with Gasteiger partial charge in [0.15, 0.2) is 0 Å². The van der Waals surface area contributed by atoms with Gasteiger partial charge in [0, 0.05) is 35.1 Å². The molecule has 1 spiro atoms. The molecule has 0 radical (unpaired) electrons. The number of hydrogen-bond acceptors (Lipinski definition) is 4. The molecule has 1 amide bonds. The highest BCUT2D eigenvalue weighted by molar-refractivity contribution is 6.09. The number of rotatable bonds is 4. The number of carbonyl (C=O) groups excluding carboxylic acids is 2. The summed E-state index contributed by atoms with van der Waals surface area (Å²) >= 11 is 0. The molecule has 6 rings (SSSR count). The number of anilines is 1. The van der Waals surface area contributed by atoms with Gasteiger partial charge in [0.25, 0.3) is 0 Å². The number of aldehydes is 1. The highest BCUT2D eigenvalue weighted by Gasteiger charge is 2.67. The van der Waals surface area contributed by atoms with E-state index >= 15 is 0 Å². The molecule has 1 aliphatic heterocycles. The van der Waals surface area contributed by atoms with Crippen LogP contribution in [0.4, 0.5) is 5.69 Å². The topological polar surface area (TPSA) is 80.5 Å². The van der Waals surface area contributed by atoms with Crippen LogP contribution in [0.15, 0.2) is 96.6 Å². The number of amides is 1. The molecule has 0 saturated heterocycles. The van der Waals surface area contributed by atoms with Gasteiger partial charge in [0.2, 0.25) is 11.9 Å². The minimum atomic E-state index is -1.01. The molecule has 36 heavy (non-hydrogen) atoms. The summed E-state index contributed by atoms with van der Waals surface area (Å²) in [6, 6.07) is 25.8. The van der Waals surface area contributed by atoms with E-state index in [9.17, 15) is 19.7 Å². The standard InChI is InChI=1S/C30H26N2O4/c1-31-25-15-9-8-14-24(25)30(29(31)34)17-23-22(27(30)20-12-6-3-7-13-20)16-21(18-33)26(28(23)32(35)36)19-10-4-2-5-11-19/h2-16,18,22-23,26-28H,17H2,1H3/t22-,23+,26+,27+,28+,30-/m0/s1. The first-order valence-electron chi connectivity index (χ1n) is 12.3. The van der Waals surface area contributed by atoms with Gasteiger partial charge in [0.1, 0.15) is 6.29 Å². The summed E-state index contributed by atoms with van der Waals surface area (Å²) < 4.78 is 0. The van der Waals surface area contributed by atoms with Crippen LogP contribution < -0.4 is 4.90 Å². The highest BCUT2D eigenvalue weighted by Crippen LogP contribution is 2.65. The van der Waals surface area contributed by atoms with E-state index in [-0.39, 0.29) is 22.7 Å². The number of nitro groups is 1. The average molecular weight is 479 g/mol. The molecule has 0 N–H and O–H groups in total. The second-order valence-electron chi connectivity index (χ2n) is 10.1. The van der Waals surface area contributed by atoms with Gasteiger partial charge < -0.3 is 4.90 Å². The molecule has 3 aliphatic rings. The number of carbonyl (C=O) groups is 2. The van der Waals surface area contributed by atoms with Crippen molar-refractivity contribution in [2.45, 2.75) is 29.7 Å². The third-order valence-electron chi connectivity index (χ3n) is 8.62. The Bertz CT molecular complexity index is 1390. The molecule has 6 heteroatoms. The Labute approximate surface area is 209 Å². The second kappa shape index (κ2) is 8.26. The van der Waals surface area contributed by atoms with E-state index < -0.39 is 23.3 Å². The number of benzene rings is 3. The molecule has 0 bridgehead atoms. The molecular weight excluding hydrogens is 452 g/mol. The zero-order chi connectivity index (χ0) is 25.0. The minimum absolute atomic E-state index is 0.0358. The van der Waals surface area contributed by atoms with Gasteiger partial charge in [-0.25, -0.2) is 0 Å². The van der Waals surface area contributed by atoms with Crippen LogP contribution in [-0.4, -0.2) is 30.2 Å². The molecule has 0 aromatic heterocycles. The Kier molecular flexibility index (Phi) is 5.14. The van der Waals surface area contributed by atoms with Gasteiger partial charge >= 0.3 is 0 Å². The normalized spacial score (nSPS) is 30.6. The van der Waals surface area contributed by atoms with Gasteiger partial charge in [-0.15, -0.1) is 0 Å². The van der Waals surface area contributed by atoms with Crippen LogP contribution in [0, 0.1) is 22.0 Å². The summed E-state index contributed by atoms with van der Waals surface area (Å²) in [5.41, 5.74) is 2.97. The van der Waals surface area contributed by atoms with Crippen molar-refractivity contribution in [1.29, 1.82) is 0 Å². The van der Waals surface area contributed by atoms with E-state index in [2.05, 4.69) is 0 Å². The Morgan fingerprint density at radius 1 is 0.944 bits per heavy atom. The highest BCUT2D eigenvalue weighted by atomic mass is 16.6. The summed E-state index contributed by atoms with van der Waals surface area (Å²) in [6.07, 6.45) is 3.07. The molecule has 1 fully saturated rings. The van der Waals surface area contributed by atoms with E-state index in [0.29, 0.717) is 12.0 Å². The Hall–Kier alpha value is -4.06. The lowest BCUT2D eigenvalue weighted by Crippen LogP contribution is -2.42. The van der Waals surface area contributed by atoms with Crippen LogP contribution >= 0.6 is 0 Å². The number of likely N-dealkylation sites (N-methyl/N-ethyl adjacent to an activating group) is 1. The van der Waals surface area contributed by atoms with Crippen molar-refractivity contribution in [3.63, 3.8) is 0 Å². The van der Waals surface area contributed by atoms with Crippen molar-refractivity contribution >= 4 is 17.9 Å². The summed E-state index contributed by atoms with van der Waals surface area (Å²) in [4.78, 5) is 40.8. The molecule has 180 valence electrons. The predicted octanol–water partition coefficient (Wildman–Crippen LogP) is 4.89. The SMILES string of the molecule is CN1C(=O)[C@@]2(C[C@@H]3[C@H](C=C(C=O)[C@@H](c4ccccc4)[C@@H]3[N+](=O)[O-])[C@H]2c2ccccc2)c2ccccc21. The van der Waals surface area contributed by atoms with Crippen molar-refractivity contribution in [2.75, 3.05) is 11.9 Å². The number of fused-ring (bicyclic) bond motifs is 3. The van der Waals surface area contributed by atoms with Gasteiger partial charge in [0.05, 0.1) is 11.3 Å². The van der Waals surface area contributed by atoms with E-state index in [4.69, 9.17) is 0 Å². The van der Waals surface area contributed by atoms with Crippen LogP contribution in [0.3, 0.4) is 0 Å². The summed E-state index contributed by atoms with van der Waals surface area (Å²) in [5.74, 6) is -1.76. The van der Waals surface area contributed by atoms with E-state index in [0.717, 1.165) is 28.7 Å². The quantitative estimate of drug-likeness (QED) is 0.304. The molecule has 6 nitrogen and oxygen atoms in total. The lowest BCUT2D eigenvalue weighted by Gasteiger charge is -2.36. The molecular formula is C30H26N2O4. The van der Waals surface area contributed by atoms with Gasteiger partial charge in [-0.1, -0.05) is 84.9 Å². The maximum atomic E-state index is 14.2. The van der Waals surface area contributed by atoms with Crippen LogP contribution in [0.2, 0.25) is 0 Å². The number of allylic oxidation sites excluding steroid dienone is 1. The number of hydrogen-bond donors (Lipinski definition) is 0. The third-order valence-corrected chi connectivity index (χ3v) is 8.62. The largest absolute Gasteiger partial charge is 0.314 e. The van der Waals surface area contributed by atoms with Crippen molar-refractivity contribution in [2.24, 2.45) is 11.8 Å². The van der Waals surface area contributed by atoms with E-state index in [1.807, 2.05) is 91.0 Å². The summed E-state index contributed by atoms with van der Waals surface area (Å²) in [6.45, 7) is 0. The smallest absolute Gasteiger partial charge is 0.238 e. The average Bonchev–Trinajstić information content (AvgIpc) is 3.36. The molecule has 1 heterocycles. The van der Waals surface area contributed by atoms with Gasteiger partial charge in [-0.05, 0) is 35.1 Å². The summed E-state index contributed by atoms with van der Waals surface area (Å²) in [5, 5.41) is 12.7. The van der Waals surface area contributed by atoms with Gasteiger partial charge in [-0.2, -0.15) is 0 Å². The van der Waals surface area contributed by atoms with Crippen molar-refractivity contribution < 1.29 is 14.5 Å². The van der Waals surface area contributed by atoms with Crippen molar-refractivity contribution in [3.8, 4) is 0 Å². The lowest BCUT2D eigenvalue weighted by atomic mass is 9.66. The maximum Gasteiger partial charge on any atom is 0.238 e. The van der Waals surface area contributed by atoms with Gasteiger partial charge in [-0.3, -0.25) is 19.7 Å². The minimum Gasteiger partial charge on any atom is -0.314 e. The maximum absolute atomic E-state index is 14.2. The second-order valence-corrected chi connectivity index (χ2v) is 10.1. The van der Waals surface area contributed by atoms with Crippen molar-refractivity contribution in [1.82, 2.24) is 0 Å². The van der Waals surface area contributed by atoms with Crippen LogP contribution in [0.5, 0.6) is 0 Å².